The van der Waals surface area contributed by atoms with Gasteiger partial charge in [0, 0.05) is 28.2 Å². The van der Waals surface area contributed by atoms with Crippen molar-refractivity contribution in [3.8, 4) is 50.3 Å². The fraction of sp³-hybridized carbons (Fsp3) is 0.0196. The van der Waals surface area contributed by atoms with Crippen LogP contribution in [0.4, 0.5) is 17.1 Å². The number of nitrogens with zero attached hydrogens (tertiary/aromatic N) is 1. The van der Waals surface area contributed by atoms with Gasteiger partial charge in [-0.05, 0) is 104 Å². The van der Waals surface area contributed by atoms with Crippen LogP contribution < -0.4 is 4.90 Å². The molecule has 9 rings (SSSR count). The zero-order valence-electron chi connectivity index (χ0n) is 29.4. The van der Waals surface area contributed by atoms with Crippen LogP contribution >= 0.6 is 0 Å². The van der Waals surface area contributed by atoms with E-state index in [4.69, 9.17) is 0 Å². The van der Waals surface area contributed by atoms with Gasteiger partial charge in [-0.3, -0.25) is 0 Å². The lowest BCUT2D eigenvalue weighted by Gasteiger charge is -2.26. The molecule has 0 saturated heterocycles. The number of rotatable bonds is 7. The smallest absolute Gasteiger partial charge is 0.131 e. The summed E-state index contributed by atoms with van der Waals surface area (Å²) in [6.07, 6.45) is 0. The molecule has 0 aliphatic carbocycles. The normalized spacial score (nSPS) is 11.2. The molecule has 0 aromatic heterocycles. The molecule has 0 atom stereocenters. The van der Waals surface area contributed by atoms with Crippen LogP contribution in [-0.2, 0) is 0 Å². The maximum absolute atomic E-state index is 11.5. The van der Waals surface area contributed by atoms with E-state index in [9.17, 15) is 5.11 Å². The predicted molar refractivity (Wildman–Crippen MR) is 224 cm³/mol. The van der Waals surface area contributed by atoms with Crippen LogP contribution in [0, 0.1) is 6.92 Å². The third-order valence-corrected chi connectivity index (χ3v) is 10.2. The molecule has 2 heteroatoms. The number of benzene rings is 9. The molecular formula is C51H37NO. The van der Waals surface area contributed by atoms with E-state index in [-0.39, 0.29) is 5.75 Å². The lowest BCUT2D eigenvalue weighted by atomic mass is 9.96. The molecule has 0 aliphatic heterocycles. The van der Waals surface area contributed by atoms with Gasteiger partial charge in [-0.2, -0.15) is 0 Å². The molecular weight excluding hydrogens is 643 g/mol. The lowest BCUT2D eigenvalue weighted by Crippen LogP contribution is -2.09. The molecule has 0 radical (unpaired) electrons. The first kappa shape index (κ1) is 32.0. The summed E-state index contributed by atoms with van der Waals surface area (Å²) in [5.74, 6) is 0.288. The SMILES string of the molecule is Cc1cccc(-c2cccc(-c3ccc(N(c4ccc(-c5ccc6ccccc6c5)cc4)c4ccc(-c5cccc6ccccc56)cc4)cc3)c2O)c1. The molecule has 9 aromatic rings. The number of fused-ring (bicyclic) bond motifs is 2. The maximum Gasteiger partial charge on any atom is 0.131 e. The fourth-order valence-electron chi connectivity index (χ4n) is 7.50. The van der Waals surface area contributed by atoms with Crippen molar-refractivity contribution in [3.05, 3.63) is 206 Å². The van der Waals surface area contributed by atoms with Crippen molar-refractivity contribution >= 4 is 38.6 Å². The van der Waals surface area contributed by atoms with Gasteiger partial charge in [0.2, 0.25) is 0 Å². The van der Waals surface area contributed by atoms with Crippen LogP contribution in [0.5, 0.6) is 5.75 Å². The summed E-state index contributed by atoms with van der Waals surface area (Å²) < 4.78 is 0. The Morgan fingerprint density at radius 3 is 1.51 bits per heavy atom. The van der Waals surface area contributed by atoms with Crippen molar-refractivity contribution in [1.29, 1.82) is 0 Å². The molecule has 0 spiro atoms. The molecule has 0 bridgehead atoms. The number of phenolic OH excluding ortho intramolecular Hbond substituents is 1. The highest BCUT2D eigenvalue weighted by Gasteiger charge is 2.16. The first-order chi connectivity index (χ1) is 26.1. The summed E-state index contributed by atoms with van der Waals surface area (Å²) >= 11 is 0. The fourth-order valence-corrected chi connectivity index (χ4v) is 7.50. The number of para-hydroxylation sites is 1. The molecule has 53 heavy (non-hydrogen) atoms. The van der Waals surface area contributed by atoms with Crippen molar-refractivity contribution in [2.45, 2.75) is 6.92 Å². The number of hydrogen-bond acceptors (Lipinski definition) is 2. The van der Waals surface area contributed by atoms with E-state index in [2.05, 4.69) is 182 Å². The van der Waals surface area contributed by atoms with Gasteiger partial charge in [0.15, 0.2) is 0 Å². The van der Waals surface area contributed by atoms with Gasteiger partial charge >= 0.3 is 0 Å². The minimum Gasteiger partial charge on any atom is -0.507 e. The summed E-state index contributed by atoms with van der Waals surface area (Å²) in [4.78, 5) is 2.30. The second-order valence-corrected chi connectivity index (χ2v) is 13.6. The predicted octanol–water partition coefficient (Wildman–Crippen LogP) is 14.1. The summed E-state index contributed by atoms with van der Waals surface area (Å²) in [6.45, 7) is 2.07. The Labute approximate surface area is 310 Å². The highest BCUT2D eigenvalue weighted by atomic mass is 16.3. The molecule has 0 heterocycles. The van der Waals surface area contributed by atoms with Crippen LogP contribution in [0.2, 0.25) is 0 Å². The van der Waals surface area contributed by atoms with Crippen molar-refractivity contribution in [2.24, 2.45) is 0 Å². The minimum absolute atomic E-state index is 0.288. The van der Waals surface area contributed by atoms with E-state index >= 15 is 0 Å². The largest absolute Gasteiger partial charge is 0.507 e. The Kier molecular flexibility index (Phi) is 8.26. The number of hydrogen-bond donors (Lipinski definition) is 1. The van der Waals surface area contributed by atoms with Crippen LogP contribution in [0.3, 0.4) is 0 Å². The molecule has 0 fully saturated rings. The third kappa shape index (κ3) is 6.22. The van der Waals surface area contributed by atoms with Crippen molar-refractivity contribution in [2.75, 3.05) is 4.90 Å². The summed E-state index contributed by atoms with van der Waals surface area (Å²) in [5, 5.41) is 16.4. The monoisotopic (exact) mass is 679 g/mol. The highest BCUT2D eigenvalue weighted by Crippen LogP contribution is 2.41. The van der Waals surface area contributed by atoms with E-state index in [1.807, 2.05) is 30.3 Å². The first-order valence-corrected chi connectivity index (χ1v) is 18.1. The zero-order chi connectivity index (χ0) is 35.7. The minimum atomic E-state index is 0.288. The highest BCUT2D eigenvalue weighted by molar-refractivity contribution is 5.97. The average molecular weight is 680 g/mol. The van der Waals surface area contributed by atoms with Crippen LogP contribution in [0.25, 0.3) is 66.1 Å². The molecule has 9 aromatic carbocycles. The molecule has 252 valence electrons. The zero-order valence-corrected chi connectivity index (χ0v) is 29.4. The van der Waals surface area contributed by atoms with Gasteiger partial charge in [0.25, 0.3) is 0 Å². The van der Waals surface area contributed by atoms with Gasteiger partial charge in [-0.1, -0.05) is 163 Å². The van der Waals surface area contributed by atoms with Gasteiger partial charge < -0.3 is 10.0 Å². The summed E-state index contributed by atoms with van der Waals surface area (Å²) in [6, 6.07) is 70.6. The van der Waals surface area contributed by atoms with E-state index in [0.717, 1.165) is 44.9 Å². The molecule has 0 amide bonds. The van der Waals surface area contributed by atoms with Crippen LogP contribution in [0.15, 0.2) is 200 Å². The van der Waals surface area contributed by atoms with Gasteiger partial charge in [0.05, 0.1) is 0 Å². The number of anilines is 3. The second kappa shape index (κ2) is 13.7. The molecule has 1 N–H and O–H groups in total. The van der Waals surface area contributed by atoms with E-state index in [1.165, 1.54) is 43.8 Å². The summed E-state index contributed by atoms with van der Waals surface area (Å²) in [5.41, 5.74) is 12.7. The second-order valence-electron chi connectivity index (χ2n) is 13.6. The topological polar surface area (TPSA) is 23.5 Å². The van der Waals surface area contributed by atoms with Crippen molar-refractivity contribution < 1.29 is 5.11 Å². The molecule has 0 unspecified atom stereocenters. The Morgan fingerprint density at radius 2 is 0.830 bits per heavy atom. The Morgan fingerprint density at radius 1 is 0.340 bits per heavy atom. The third-order valence-electron chi connectivity index (χ3n) is 10.2. The number of aryl methyl sites for hydroxylation is 1. The van der Waals surface area contributed by atoms with E-state index in [0.29, 0.717) is 0 Å². The van der Waals surface area contributed by atoms with Gasteiger partial charge in [-0.25, -0.2) is 0 Å². The Hall–Kier alpha value is -6.90. The van der Waals surface area contributed by atoms with Crippen LogP contribution in [-0.4, -0.2) is 5.11 Å². The van der Waals surface area contributed by atoms with Crippen molar-refractivity contribution in [1.82, 2.24) is 0 Å². The van der Waals surface area contributed by atoms with Gasteiger partial charge in [-0.15, -0.1) is 0 Å². The Balaban J connectivity index is 1.10. The lowest BCUT2D eigenvalue weighted by molar-refractivity contribution is 0.479. The van der Waals surface area contributed by atoms with Gasteiger partial charge in [0.1, 0.15) is 5.75 Å². The summed E-state index contributed by atoms with van der Waals surface area (Å²) in [7, 11) is 0. The van der Waals surface area contributed by atoms with E-state index in [1.54, 1.807) is 0 Å². The Bertz CT molecular complexity index is 2720. The number of aromatic hydroxyl groups is 1. The number of phenols is 1. The first-order valence-electron chi connectivity index (χ1n) is 18.1. The average Bonchev–Trinajstić information content (AvgIpc) is 3.21. The standard InChI is InChI=1S/C51H37NO/c1-35-9-6-14-43(33-35)50-18-8-17-49(51(50)53)40-25-31-46(32-26-40)52(44-27-21-37(22-28-44)42-20-19-36-10-2-3-12-41(36)34-42)45-29-23-39(24-30-45)48-16-7-13-38-11-4-5-15-47(38)48/h2-34,53H,1H3. The maximum atomic E-state index is 11.5. The molecule has 0 saturated carbocycles. The van der Waals surface area contributed by atoms with E-state index < -0.39 is 0 Å². The van der Waals surface area contributed by atoms with Crippen LogP contribution in [0.1, 0.15) is 5.56 Å². The molecule has 2 nitrogen and oxygen atoms in total. The molecule has 0 aliphatic rings. The van der Waals surface area contributed by atoms with Crippen molar-refractivity contribution in [3.63, 3.8) is 0 Å². The quantitative estimate of drug-likeness (QED) is 0.181.